The van der Waals surface area contributed by atoms with Crippen molar-refractivity contribution in [3.63, 3.8) is 0 Å². The van der Waals surface area contributed by atoms with Crippen LogP contribution in [-0.2, 0) is 9.53 Å². The van der Waals surface area contributed by atoms with Gasteiger partial charge in [-0.25, -0.2) is 4.63 Å². The number of anilines is 2. The van der Waals surface area contributed by atoms with E-state index in [0.717, 1.165) is 5.69 Å². The predicted octanol–water partition coefficient (Wildman–Crippen LogP) is 0.723. The van der Waals surface area contributed by atoms with Gasteiger partial charge in [0.1, 0.15) is 11.4 Å². The second kappa shape index (κ2) is 4.97. The molecule has 0 unspecified atom stereocenters. The molecular weight excluding hydrogens is 264 g/mol. The monoisotopic (exact) mass is 278 g/mol. The number of hydrogen-bond donors (Lipinski definition) is 2. The number of benzene rings is 1. The van der Waals surface area contributed by atoms with Gasteiger partial charge in [-0.3, -0.25) is 4.79 Å². The van der Waals surface area contributed by atoms with E-state index in [0.29, 0.717) is 37.3 Å². The number of nitrogens with zero attached hydrogens (tertiary/aromatic N) is 3. The summed E-state index contributed by atoms with van der Waals surface area (Å²) < 4.78 is 10.1. The number of phenols is 1. The van der Waals surface area contributed by atoms with Crippen LogP contribution in [0.25, 0.3) is 11.0 Å². The molecule has 0 radical (unpaired) electrons. The van der Waals surface area contributed by atoms with Crippen molar-refractivity contribution in [3.8, 4) is 5.75 Å². The number of carbonyl (C=O) groups is 1. The largest absolute Gasteiger partial charge is 0.506 e. The standard InChI is InChI=1S/C12H14N4O4/c1-7(17)13-11-9(18)6-8(10-12(11)15-20-14-10)16-2-4-19-5-3-16/h6,18H,2-5H2,1H3,(H,13,17). The zero-order chi connectivity index (χ0) is 14.1. The lowest BCUT2D eigenvalue weighted by molar-refractivity contribution is -0.114. The van der Waals surface area contributed by atoms with Crippen LogP contribution >= 0.6 is 0 Å². The van der Waals surface area contributed by atoms with Crippen LogP contribution in [0.15, 0.2) is 10.7 Å². The minimum atomic E-state index is -0.302. The molecule has 1 aromatic heterocycles. The van der Waals surface area contributed by atoms with Crippen LogP contribution in [0.5, 0.6) is 5.75 Å². The maximum absolute atomic E-state index is 11.2. The van der Waals surface area contributed by atoms with Gasteiger partial charge in [-0.2, -0.15) is 0 Å². The van der Waals surface area contributed by atoms with Gasteiger partial charge in [0.2, 0.25) is 5.91 Å². The number of nitrogens with one attached hydrogen (secondary N) is 1. The summed E-state index contributed by atoms with van der Waals surface area (Å²) in [5, 5.41) is 20.3. The van der Waals surface area contributed by atoms with Crippen LogP contribution in [0, 0.1) is 0 Å². The van der Waals surface area contributed by atoms with Crippen molar-refractivity contribution in [2.75, 3.05) is 36.5 Å². The fraction of sp³-hybridized carbons (Fsp3) is 0.417. The molecule has 8 heteroatoms. The van der Waals surface area contributed by atoms with Crippen molar-refractivity contribution in [1.29, 1.82) is 0 Å². The van der Waals surface area contributed by atoms with Crippen molar-refractivity contribution < 1.29 is 19.3 Å². The number of fused-ring (bicyclic) bond motifs is 1. The molecule has 1 amide bonds. The predicted molar refractivity (Wildman–Crippen MR) is 70.8 cm³/mol. The molecule has 2 N–H and O–H groups in total. The van der Waals surface area contributed by atoms with Gasteiger partial charge in [0.15, 0.2) is 11.0 Å². The van der Waals surface area contributed by atoms with Crippen LogP contribution < -0.4 is 10.2 Å². The summed E-state index contributed by atoms with van der Waals surface area (Å²) in [5.74, 6) is -0.367. The molecule has 1 aliphatic heterocycles. The first-order valence-electron chi connectivity index (χ1n) is 6.25. The number of phenolic OH excluding ortho intramolecular Hbond substituents is 1. The smallest absolute Gasteiger partial charge is 0.221 e. The minimum absolute atomic E-state index is 0.0649. The van der Waals surface area contributed by atoms with Gasteiger partial charge in [-0.1, -0.05) is 0 Å². The van der Waals surface area contributed by atoms with Crippen molar-refractivity contribution in [1.82, 2.24) is 10.3 Å². The summed E-state index contributed by atoms with van der Waals surface area (Å²) in [6.45, 7) is 3.97. The molecule has 0 aliphatic carbocycles. The lowest BCUT2D eigenvalue weighted by atomic mass is 10.2. The van der Waals surface area contributed by atoms with E-state index in [2.05, 4.69) is 15.6 Å². The zero-order valence-corrected chi connectivity index (χ0v) is 10.9. The highest BCUT2D eigenvalue weighted by Crippen LogP contribution is 2.37. The summed E-state index contributed by atoms with van der Waals surface area (Å²) in [4.78, 5) is 13.2. The van der Waals surface area contributed by atoms with Gasteiger partial charge in [0, 0.05) is 26.1 Å². The van der Waals surface area contributed by atoms with Crippen LogP contribution in [0.1, 0.15) is 6.92 Å². The average Bonchev–Trinajstić information content (AvgIpc) is 2.91. The Morgan fingerprint density at radius 2 is 2.05 bits per heavy atom. The molecule has 0 atom stereocenters. The average molecular weight is 278 g/mol. The quantitative estimate of drug-likeness (QED) is 0.781. The first kappa shape index (κ1) is 12.7. The Morgan fingerprint density at radius 1 is 1.35 bits per heavy atom. The fourth-order valence-corrected chi connectivity index (χ4v) is 2.26. The SMILES string of the molecule is CC(=O)Nc1c(O)cc(N2CCOCC2)c2nonc12. The molecule has 0 saturated carbocycles. The van der Waals surface area contributed by atoms with E-state index in [1.165, 1.54) is 6.92 Å². The summed E-state index contributed by atoms with van der Waals surface area (Å²) in [6.07, 6.45) is 0. The Morgan fingerprint density at radius 3 is 2.75 bits per heavy atom. The number of aromatic hydroxyl groups is 1. The second-order valence-electron chi connectivity index (χ2n) is 4.53. The Labute approximate surface area is 114 Å². The van der Waals surface area contributed by atoms with Crippen LogP contribution in [0.2, 0.25) is 0 Å². The molecule has 0 spiro atoms. The molecule has 0 bridgehead atoms. The summed E-state index contributed by atoms with van der Waals surface area (Å²) in [7, 11) is 0. The lowest BCUT2D eigenvalue weighted by Gasteiger charge is -2.29. The molecule has 20 heavy (non-hydrogen) atoms. The fourth-order valence-electron chi connectivity index (χ4n) is 2.26. The van der Waals surface area contributed by atoms with Gasteiger partial charge in [-0.15, -0.1) is 0 Å². The molecule has 8 nitrogen and oxygen atoms in total. The number of ether oxygens (including phenoxy) is 1. The van der Waals surface area contributed by atoms with E-state index in [9.17, 15) is 9.90 Å². The zero-order valence-electron chi connectivity index (χ0n) is 10.9. The van der Waals surface area contributed by atoms with Gasteiger partial charge in [0.05, 0.1) is 18.9 Å². The molecule has 2 heterocycles. The summed E-state index contributed by atoms with van der Waals surface area (Å²) >= 11 is 0. The van der Waals surface area contributed by atoms with E-state index in [1.54, 1.807) is 6.07 Å². The maximum atomic E-state index is 11.2. The molecular formula is C12H14N4O4. The molecule has 3 rings (SSSR count). The number of aromatic nitrogens is 2. The third-order valence-corrected chi connectivity index (χ3v) is 3.15. The topological polar surface area (TPSA) is 101 Å². The minimum Gasteiger partial charge on any atom is -0.506 e. The highest BCUT2D eigenvalue weighted by molar-refractivity contribution is 6.05. The van der Waals surface area contributed by atoms with Crippen LogP contribution in [-0.4, -0.2) is 47.6 Å². The van der Waals surface area contributed by atoms with E-state index in [-0.39, 0.29) is 17.3 Å². The van der Waals surface area contributed by atoms with Gasteiger partial charge >= 0.3 is 0 Å². The van der Waals surface area contributed by atoms with Crippen molar-refractivity contribution in [2.45, 2.75) is 6.92 Å². The van der Waals surface area contributed by atoms with Gasteiger partial charge < -0.3 is 20.1 Å². The summed E-state index contributed by atoms with van der Waals surface area (Å²) in [6, 6.07) is 1.56. The molecule has 2 aromatic rings. The highest BCUT2D eigenvalue weighted by Gasteiger charge is 2.22. The summed E-state index contributed by atoms with van der Waals surface area (Å²) in [5.41, 5.74) is 1.78. The van der Waals surface area contributed by atoms with E-state index in [1.807, 2.05) is 4.90 Å². The Balaban J connectivity index is 2.10. The normalized spacial score (nSPS) is 15.6. The Kier molecular flexibility index (Phi) is 3.15. The van der Waals surface area contributed by atoms with Crippen molar-refractivity contribution in [2.24, 2.45) is 0 Å². The van der Waals surface area contributed by atoms with Crippen LogP contribution in [0.4, 0.5) is 11.4 Å². The van der Waals surface area contributed by atoms with E-state index >= 15 is 0 Å². The number of amides is 1. The second-order valence-corrected chi connectivity index (χ2v) is 4.53. The Bertz CT molecular complexity index is 648. The Hall–Kier alpha value is -2.35. The molecule has 1 aromatic carbocycles. The molecule has 1 aliphatic rings. The van der Waals surface area contributed by atoms with Crippen LogP contribution in [0.3, 0.4) is 0 Å². The van der Waals surface area contributed by atoms with E-state index in [4.69, 9.17) is 9.37 Å². The van der Waals surface area contributed by atoms with E-state index < -0.39 is 0 Å². The third kappa shape index (κ3) is 2.14. The van der Waals surface area contributed by atoms with Crippen molar-refractivity contribution in [3.05, 3.63) is 6.07 Å². The highest BCUT2D eigenvalue weighted by atomic mass is 16.6. The molecule has 106 valence electrons. The van der Waals surface area contributed by atoms with Crippen molar-refractivity contribution >= 4 is 28.3 Å². The number of hydrogen-bond acceptors (Lipinski definition) is 7. The first-order valence-corrected chi connectivity index (χ1v) is 6.25. The van der Waals surface area contributed by atoms with Gasteiger partial charge in [0.25, 0.3) is 0 Å². The third-order valence-electron chi connectivity index (χ3n) is 3.15. The number of morpholine rings is 1. The lowest BCUT2D eigenvalue weighted by Crippen LogP contribution is -2.36. The number of carbonyl (C=O) groups excluding carboxylic acids is 1. The maximum Gasteiger partial charge on any atom is 0.221 e. The molecule has 1 fully saturated rings. The first-order chi connectivity index (χ1) is 9.66. The number of rotatable bonds is 2. The molecule has 1 saturated heterocycles. The van der Waals surface area contributed by atoms with Gasteiger partial charge in [-0.05, 0) is 10.3 Å².